The molecule has 7 rings (SSSR count). The van der Waals surface area contributed by atoms with Crippen molar-refractivity contribution in [2.24, 2.45) is 0 Å². The van der Waals surface area contributed by atoms with Crippen LogP contribution in [0.1, 0.15) is 30.0 Å². The van der Waals surface area contributed by atoms with Gasteiger partial charge in [-0.2, -0.15) is 0 Å². The highest BCUT2D eigenvalue weighted by Crippen LogP contribution is 2.34. The van der Waals surface area contributed by atoms with Gasteiger partial charge in [0.1, 0.15) is 51.7 Å². The summed E-state index contributed by atoms with van der Waals surface area (Å²) >= 11 is 6.56. The van der Waals surface area contributed by atoms with E-state index >= 15 is 0 Å². The zero-order chi connectivity index (χ0) is 36.2. The van der Waals surface area contributed by atoms with Crippen LogP contribution >= 0.6 is 11.6 Å². The first-order valence-corrected chi connectivity index (χ1v) is 19.3. The highest BCUT2D eigenvalue weighted by molar-refractivity contribution is 7.90. The van der Waals surface area contributed by atoms with Gasteiger partial charge in [0.05, 0.1) is 22.3 Å². The minimum atomic E-state index is -3.34. The maximum atomic E-state index is 13.6. The van der Waals surface area contributed by atoms with Crippen LogP contribution in [0.15, 0.2) is 114 Å². The smallest absolute Gasteiger partial charge is 0.149 e. The van der Waals surface area contributed by atoms with Gasteiger partial charge >= 0.3 is 0 Å². The van der Waals surface area contributed by atoms with Crippen LogP contribution in [-0.4, -0.2) is 53.4 Å². The average Bonchev–Trinajstić information content (AvgIpc) is 3.78. The van der Waals surface area contributed by atoms with E-state index in [1.807, 2.05) is 61.5 Å². The number of halogens is 2. The molecule has 0 bridgehead atoms. The molecule has 0 saturated heterocycles. The normalized spacial score (nSPS) is 12.5. The zero-order valence-electron chi connectivity index (χ0n) is 28.6. The number of para-hydroxylation sites is 1. The molecule has 0 aliphatic carbocycles. The van der Waals surface area contributed by atoms with Gasteiger partial charge in [0.15, 0.2) is 0 Å². The van der Waals surface area contributed by atoms with Gasteiger partial charge in [-0.1, -0.05) is 48.9 Å². The molecule has 52 heavy (non-hydrogen) atoms. The number of nitrogens with one attached hydrogen (secondary N) is 2. The lowest BCUT2D eigenvalue weighted by Gasteiger charge is -2.28. The molecule has 3 aromatic heterocycles. The van der Waals surface area contributed by atoms with Crippen LogP contribution in [0.5, 0.6) is 5.75 Å². The number of nitrogens with zero attached hydrogens (tertiary/aromatic N) is 3. The summed E-state index contributed by atoms with van der Waals surface area (Å²) in [5.41, 5.74) is 5.06. The molecule has 0 spiro atoms. The number of rotatable bonds is 14. The number of aromatic nitrogens is 3. The second-order valence-corrected chi connectivity index (χ2v) is 15.3. The van der Waals surface area contributed by atoms with Crippen LogP contribution in [0.2, 0.25) is 5.02 Å². The fourth-order valence-electron chi connectivity index (χ4n) is 6.34. The van der Waals surface area contributed by atoms with Crippen molar-refractivity contribution in [3.63, 3.8) is 0 Å². The number of benzene rings is 4. The van der Waals surface area contributed by atoms with E-state index in [4.69, 9.17) is 20.8 Å². The van der Waals surface area contributed by atoms with Crippen molar-refractivity contribution >= 4 is 54.7 Å². The number of hydrogen-bond acceptors (Lipinski definition) is 8. The third kappa shape index (κ3) is 8.28. The Morgan fingerprint density at radius 3 is 2.63 bits per heavy atom. The van der Waals surface area contributed by atoms with Gasteiger partial charge in [0.2, 0.25) is 0 Å². The van der Waals surface area contributed by atoms with Gasteiger partial charge < -0.3 is 19.5 Å². The number of ether oxygens (including phenoxy) is 1. The lowest BCUT2D eigenvalue weighted by molar-refractivity contribution is 0.202. The molecule has 0 aliphatic heterocycles. The van der Waals surface area contributed by atoms with Crippen LogP contribution in [0, 0.1) is 5.82 Å². The van der Waals surface area contributed by atoms with Crippen LogP contribution in [-0.2, 0) is 22.9 Å². The molecule has 7 aromatic rings. The lowest BCUT2D eigenvalue weighted by Crippen LogP contribution is -2.34. The molecule has 3 heterocycles. The Balaban J connectivity index is 1.10. The van der Waals surface area contributed by atoms with E-state index < -0.39 is 15.9 Å². The molecule has 2 N–H and O–H groups in total. The van der Waals surface area contributed by atoms with Gasteiger partial charge in [-0.3, -0.25) is 4.90 Å². The van der Waals surface area contributed by atoms with Crippen molar-refractivity contribution in [1.82, 2.24) is 19.9 Å². The van der Waals surface area contributed by atoms with E-state index in [1.54, 1.807) is 24.3 Å². The van der Waals surface area contributed by atoms with Crippen molar-refractivity contribution in [2.45, 2.75) is 26.0 Å². The lowest BCUT2D eigenvalue weighted by atomic mass is 10.1. The predicted molar refractivity (Wildman–Crippen MR) is 204 cm³/mol. The summed E-state index contributed by atoms with van der Waals surface area (Å²) in [6, 6.07) is 30.8. The SMILES string of the molecule is CCN(CCc1cc2ccccc2[nH]1)[C@H](CS(C)(=O)=O)c1ccc(-c2ccc3ncnc(Nc4ccc(OCc5cccc(F)c5)c(Cl)c4)c3c2)o1. The molecule has 0 fully saturated rings. The summed E-state index contributed by atoms with van der Waals surface area (Å²) < 4.78 is 51.1. The summed E-state index contributed by atoms with van der Waals surface area (Å²) in [7, 11) is -3.34. The monoisotopic (exact) mass is 737 g/mol. The number of hydrogen-bond donors (Lipinski definition) is 2. The quantitative estimate of drug-likeness (QED) is 0.114. The largest absolute Gasteiger partial charge is 0.487 e. The Morgan fingerprint density at radius 1 is 0.981 bits per heavy atom. The summed E-state index contributed by atoms with van der Waals surface area (Å²) in [6.45, 7) is 3.49. The van der Waals surface area contributed by atoms with Crippen LogP contribution < -0.4 is 10.1 Å². The summed E-state index contributed by atoms with van der Waals surface area (Å²) in [4.78, 5) is 14.6. The fraction of sp³-hybridized carbons (Fsp3) is 0.200. The first-order chi connectivity index (χ1) is 25.1. The Bertz CT molecular complexity index is 2430. The summed E-state index contributed by atoms with van der Waals surface area (Å²) in [6.07, 6.45) is 3.47. The predicted octanol–water partition coefficient (Wildman–Crippen LogP) is 9.14. The number of anilines is 2. The molecule has 266 valence electrons. The number of H-pyrrole nitrogens is 1. The average molecular weight is 738 g/mol. The van der Waals surface area contributed by atoms with Gasteiger partial charge in [-0.05, 0) is 90.3 Å². The Hall–Kier alpha value is -5.23. The van der Waals surface area contributed by atoms with Crippen molar-refractivity contribution in [3.05, 3.63) is 137 Å². The van der Waals surface area contributed by atoms with Crippen LogP contribution in [0.25, 0.3) is 33.1 Å². The van der Waals surface area contributed by atoms with Gasteiger partial charge in [-0.25, -0.2) is 22.8 Å². The van der Waals surface area contributed by atoms with Crippen molar-refractivity contribution in [2.75, 3.05) is 30.4 Å². The minimum absolute atomic E-state index is 0.0721. The third-order valence-corrected chi connectivity index (χ3v) is 10.1. The topological polar surface area (TPSA) is 113 Å². The number of sulfone groups is 1. The summed E-state index contributed by atoms with van der Waals surface area (Å²) in [5.74, 6) is 1.81. The number of likely N-dealkylation sites (N-methyl/N-ethyl adjacent to an activating group) is 1. The van der Waals surface area contributed by atoms with E-state index in [0.717, 1.165) is 39.5 Å². The van der Waals surface area contributed by atoms with E-state index in [1.165, 1.54) is 24.7 Å². The van der Waals surface area contributed by atoms with E-state index in [2.05, 4.69) is 37.3 Å². The number of aromatic amines is 1. The molecular weight excluding hydrogens is 701 g/mol. The first-order valence-electron chi connectivity index (χ1n) is 16.9. The maximum Gasteiger partial charge on any atom is 0.149 e. The van der Waals surface area contributed by atoms with E-state index in [-0.39, 0.29) is 18.2 Å². The molecule has 0 radical (unpaired) electrons. The Kier molecular flexibility index (Phi) is 10.3. The third-order valence-electron chi connectivity index (χ3n) is 8.91. The standard InChI is InChI=1S/C40H37ClFN5O4S/c1-3-47(18-17-31-20-27-8-4-5-10-34(27)45-31)36(24-52(2,48)49)39-16-15-37(51-39)28-11-13-35-32(21-28)40(44-25-43-35)46-30-12-14-38(33(41)22-30)50-23-26-7-6-9-29(42)19-26/h4-16,19-22,25,36,45H,3,17-18,23-24H2,1-2H3,(H,43,44,46)/t36-/m1/s1. The second-order valence-electron chi connectivity index (χ2n) is 12.7. The molecular formula is C40H37ClFN5O4S. The molecule has 12 heteroatoms. The van der Waals surface area contributed by atoms with E-state index in [9.17, 15) is 12.8 Å². The molecule has 4 aromatic carbocycles. The van der Waals surface area contributed by atoms with Crippen molar-refractivity contribution in [1.29, 1.82) is 0 Å². The Morgan fingerprint density at radius 2 is 1.85 bits per heavy atom. The maximum absolute atomic E-state index is 13.6. The van der Waals surface area contributed by atoms with Gasteiger partial charge in [-0.15, -0.1) is 0 Å². The fourth-order valence-corrected chi connectivity index (χ4v) is 7.52. The highest BCUT2D eigenvalue weighted by Gasteiger charge is 2.27. The number of furan rings is 1. The van der Waals surface area contributed by atoms with Gasteiger partial charge in [0, 0.05) is 47.1 Å². The number of fused-ring (bicyclic) bond motifs is 2. The van der Waals surface area contributed by atoms with Gasteiger partial charge in [0.25, 0.3) is 0 Å². The minimum Gasteiger partial charge on any atom is -0.487 e. The Labute approximate surface area is 306 Å². The molecule has 0 aliphatic rings. The van der Waals surface area contributed by atoms with Crippen molar-refractivity contribution < 1.29 is 22.0 Å². The first kappa shape index (κ1) is 35.2. The molecule has 9 nitrogen and oxygen atoms in total. The molecule has 0 amide bonds. The zero-order valence-corrected chi connectivity index (χ0v) is 30.2. The molecule has 0 unspecified atom stereocenters. The summed E-state index contributed by atoms with van der Waals surface area (Å²) in [5, 5.41) is 5.62. The highest BCUT2D eigenvalue weighted by atomic mass is 35.5. The second kappa shape index (κ2) is 15.2. The molecule has 1 atom stereocenters. The molecule has 0 saturated carbocycles. The van der Waals surface area contributed by atoms with Crippen molar-refractivity contribution in [3.8, 4) is 17.1 Å². The van der Waals surface area contributed by atoms with Crippen LogP contribution in [0.4, 0.5) is 15.9 Å². The van der Waals surface area contributed by atoms with Crippen LogP contribution in [0.3, 0.4) is 0 Å². The van der Waals surface area contributed by atoms with E-state index in [0.29, 0.717) is 52.5 Å².